The first-order chi connectivity index (χ1) is 11.1. The first-order valence-electron chi connectivity index (χ1n) is 9.53. The molecule has 1 aromatic heterocycles. The maximum atomic E-state index is 10.6. The average molecular weight is 319 g/mol. The number of aliphatic hydroxyl groups is 1. The standard InChI is InChI=1S/C19H33N3O/c1-3-4-11-22(2)14-16-13-20-21-18(16)15-7-8-17(23)19(12-15)9-5-6-10-19/h13,15,17,23H,3-12,14H2,1-2H3,(H,20,21)/t15-,17+/m1/s1. The van der Waals surface area contributed by atoms with Crippen molar-refractivity contribution in [3.63, 3.8) is 0 Å². The number of aliphatic hydroxyl groups excluding tert-OH is 1. The zero-order chi connectivity index (χ0) is 16.3. The number of rotatable bonds is 6. The summed E-state index contributed by atoms with van der Waals surface area (Å²) in [5, 5.41) is 18.2. The van der Waals surface area contributed by atoms with Crippen LogP contribution in [0, 0.1) is 5.41 Å². The number of aromatic amines is 1. The molecule has 2 fully saturated rings. The van der Waals surface area contributed by atoms with Crippen LogP contribution in [-0.2, 0) is 6.54 Å². The van der Waals surface area contributed by atoms with Crippen LogP contribution in [0.1, 0.15) is 81.9 Å². The molecule has 2 atom stereocenters. The van der Waals surface area contributed by atoms with E-state index >= 15 is 0 Å². The monoisotopic (exact) mass is 319 g/mol. The van der Waals surface area contributed by atoms with E-state index in [1.54, 1.807) is 0 Å². The third-order valence-corrected chi connectivity index (χ3v) is 6.24. The van der Waals surface area contributed by atoms with Crippen LogP contribution in [0.3, 0.4) is 0 Å². The van der Waals surface area contributed by atoms with Gasteiger partial charge in [0, 0.05) is 23.7 Å². The molecule has 0 unspecified atom stereocenters. The highest BCUT2D eigenvalue weighted by atomic mass is 16.3. The number of hydrogen-bond donors (Lipinski definition) is 2. The van der Waals surface area contributed by atoms with Crippen LogP contribution >= 0.6 is 0 Å². The Morgan fingerprint density at radius 3 is 2.87 bits per heavy atom. The molecule has 0 amide bonds. The van der Waals surface area contributed by atoms with Crippen LogP contribution in [0.5, 0.6) is 0 Å². The Labute approximate surface area is 140 Å². The van der Waals surface area contributed by atoms with Gasteiger partial charge in [-0.25, -0.2) is 0 Å². The summed E-state index contributed by atoms with van der Waals surface area (Å²) in [4.78, 5) is 2.40. The molecule has 4 heteroatoms. The van der Waals surface area contributed by atoms with Crippen molar-refractivity contribution < 1.29 is 5.11 Å². The van der Waals surface area contributed by atoms with Crippen LogP contribution in [0.15, 0.2) is 6.20 Å². The first-order valence-corrected chi connectivity index (χ1v) is 9.53. The fourth-order valence-electron chi connectivity index (χ4n) is 4.86. The summed E-state index contributed by atoms with van der Waals surface area (Å²) in [5.41, 5.74) is 2.89. The van der Waals surface area contributed by atoms with Crippen molar-refractivity contribution in [3.8, 4) is 0 Å². The van der Waals surface area contributed by atoms with Gasteiger partial charge >= 0.3 is 0 Å². The minimum Gasteiger partial charge on any atom is -0.393 e. The molecule has 1 spiro atoms. The second-order valence-corrected chi connectivity index (χ2v) is 7.96. The second-order valence-electron chi connectivity index (χ2n) is 7.96. The van der Waals surface area contributed by atoms with Crippen LogP contribution in [0.2, 0.25) is 0 Å². The lowest BCUT2D eigenvalue weighted by Crippen LogP contribution is -2.38. The van der Waals surface area contributed by atoms with E-state index in [1.165, 1.54) is 49.8 Å². The predicted octanol–water partition coefficient (Wildman–Crippen LogP) is 3.83. The van der Waals surface area contributed by atoms with Crippen molar-refractivity contribution in [3.05, 3.63) is 17.5 Å². The van der Waals surface area contributed by atoms with Gasteiger partial charge in [0.2, 0.25) is 0 Å². The van der Waals surface area contributed by atoms with E-state index in [2.05, 4.69) is 29.1 Å². The predicted molar refractivity (Wildman–Crippen MR) is 93.3 cm³/mol. The van der Waals surface area contributed by atoms with Gasteiger partial charge in [0.05, 0.1) is 12.3 Å². The van der Waals surface area contributed by atoms with Gasteiger partial charge in [0.25, 0.3) is 0 Å². The molecular weight excluding hydrogens is 286 g/mol. The highest BCUT2D eigenvalue weighted by Gasteiger charge is 2.45. The van der Waals surface area contributed by atoms with Crippen molar-refractivity contribution in [2.75, 3.05) is 13.6 Å². The topological polar surface area (TPSA) is 52.2 Å². The van der Waals surface area contributed by atoms with Crippen molar-refractivity contribution in [2.45, 2.75) is 83.3 Å². The molecule has 3 rings (SSSR count). The van der Waals surface area contributed by atoms with Gasteiger partial charge in [0.15, 0.2) is 0 Å². The molecule has 1 heterocycles. The van der Waals surface area contributed by atoms with Crippen LogP contribution in [0.4, 0.5) is 0 Å². The molecule has 0 radical (unpaired) electrons. The second kappa shape index (κ2) is 7.35. The number of aromatic nitrogens is 2. The summed E-state index contributed by atoms with van der Waals surface area (Å²) in [7, 11) is 2.20. The quantitative estimate of drug-likeness (QED) is 0.838. The van der Waals surface area contributed by atoms with E-state index in [1.807, 2.05) is 6.20 Å². The molecule has 2 aliphatic rings. The molecule has 0 saturated heterocycles. The largest absolute Gasteiger partial charge is 0.393 e. The van der Waals surface area contributed by atoms with E-state index in [-0.39, 0.29) is 11.5 Å². The third kappa shape index (κ3) is 3.63. The maximum absolute atomic E-state index is 10.6. The number of unbranched alkanes of at least 4 members (excludes halogenated alkanes) is 1. The lowest BCUT2D eigenvalue weighted by atomic mass is 9.65. The van der Waals surface area contributed by atoms with Crippen LogP contribution in [0.25, 0.3) is 0 Å². The number of hydrogen-bond acceptors (Lipinski definition) is 3. The number of H-pyrrole nitrogens is 1. The Balaban J connectivity index is 1.69. The highest BCUT2D eigenvalue weighted by molar-refractivity contribution is 5.22. The van der Waals surface area contributed by atoms with Crippen molar-refractivity contribution in [1.29, 1.82) is 0 Å². The summed E-state index contributed by atoms with van der Waals surface area (Å²) in [5.74, 6) is 0.550. The Hall–Kier alpha value is -0.870. The van der Waals surface area contributed by atoms with Gasteiger partial charge < -0.3 is 10.0 Å². The molecule has 130 valence electrons. The Bertz CT molecular complexity index is 493. The zero-order valence-corrected chi connectivity index (χ0v) is 14.9. The highest BCUT2D eigenvalue weighted by Crippen LogP contribution is 2.53. The van der Waals surface area contributed by atoms with Crippen LogP contribution in [-0.4, -0.2) is 39.9 Å². The van der Waals surface area contributed by atoms with Crippen molar-refractivity contribution >= 4 is 0 Å². The Morgan fingerprint density at radius 1 is 1.35 bits per heavy atom. The van der Waals surface area contributed by atoms with E-state index in [0.717, 1.165) is 32.4 Å². The number of nitrogens with one attached hydrogen (secondary N) is 1. The van der Waals surface area contributed by atoms with E-state index < -0.39 is 0 Å². The molecule has 2 aliphatic carbocycles. The lowest BCUT2D eigenvalue weighted by molar-refractivity contribution is -0.0156. The molecular formula is C19H33N3O. The normalized spacial score (nSPS) is 27.1. The van der Waals surface area contributed by atoms with Gasteiger partial charge in [-0.1, -0.05) is 26.2 Å². The van der Waals surface area contributed by atoms with Crippen molar-refractivity contribution in [1.82, 2.24) is 15.1 Å². The number of nitrogens with zero attached hydrogens (tertiary/aromatic N) is 2. The summed E-state index contributed by atoms with van der Waals surface area (Å²) in [6, 6.07) is 0. The smallest absolute Gasteiger partial charge is 0.0596 e. The fraction of sp³-hybridized carbons (Fsp3) is 0.842. The first kappa shape index (κ1) is 17.0. The van der Waals surface area contributed by atoms with Gasteiger partial charge in [-0.3, -0.25) is 5.10 Å². The average Bonchev–Trinajstić information content (AvgIpc) is 3.18. The summed E-state index contributed by atoms with van der Waals surface area (Å²) >= 11 is 0. The summed E-state index contributed by atoms with van der Waals surface area (Å²) in [6.07, 6.45) is 12.6. The van der Waals surface area contributed by atoms with E-state index in [4.69, 9.17) is 0 Å². The SMILES string of the molecule is CCCCN(C)Cc1cn[nH]c1[C@@H]1CC[C@H](O)C2(CCCC2)C1. The lowest BCUT2D eigenvalue weighted by Gasteiger charge is -2.42. The van der Waals surface area contributed by atoms with Gasteiger partial charge in [-0.05, 0) is 57.5 Å². The van der Waals surface area contributed by atoms with Gasteiger partial charge in [-0.15, -0.1) is 0 Å². The van der Waals surface area contributed by atoms with E-state index in [9.17, 15) is 5.11 Å². The van der Waals surface area contributed by atoms with Gasteiger partial charge in [-0.2, -0.15) is 5.10 Å². The fourth-order valence-corrected chi connectivity index (χ4v) is 4.86. The molecule has 2 N–H and O–H groups in total. The third-order valence-electron chi connectivity index (χ3n) is 6.24. The maximum Gasteiger partial charge on any atom is 0.0596 e. The van der Waals surface area contributed by atoms with Crippen molar-refractivity contribution in [2.24, 2.45) is 5.41 Å². The molecule has 2 saturated carbocycles. The molecule has 4 nitrogen and oxygen atoms in total. The molecule has 0 aliphatic heterocycles. The minimum absolute atomic E-state index is 0.0835. The zero-order valence-electron chi connectivity index (χ0n) is 14.9. The van der Waals surface area contributed by atoms with Gasteiger partial charge in [0.1, 0.15) is 0 Å². The molecule has 0 bridgehead atoms. The summed E-state index contributed by atoms with van der Waals surface area (Å²) < 4.78 is 0. The Kier molecular flexibility index (Phi) is 5.42. The molecule has 1 aromatic rings. The van der Waals surface area contributed by atoms with E-state index in [0.29, 0.717) is 5.92 Å². The summed E-state index contributed by atoms with van der Waals surface area (Å²) in [6.45, 7) is 4.37. The molecule has 0 aromatic carbocycles. The Morgan fingerprint density at radius 2 is 2.13 bits per heavy atom. The van der Waals surface area contributed by atoms with Crippen LogP contribution < -0.4 is 0 Å². The molecule has 23 heavy (non-hydrogen) atoms. The minimum atomic E-state index is -0.0835.